The van der Waals surface area contributed by atoms with Gasteiger partial charge in [-0.25, -0.2) is 0 Å². The van der Waals surface area contributed by atoms with Gasteiger partial charge < -0.3 is 50.4 Å². The van der Waals surface area contributed by atoms with Crippen LogP contribution >= 0.6 is 12.6 Å². The van der Waals surface area contributed by atoms with Gasteiger partial charge in [0.15, 0.2) is 6.29 Å². The van der Waals surface area contributed by atoms with Crippen molar-refractivity contribution in [3.8, 4) is 0 Å². The van der Waals surface area contributed by atoms with Crippen LogP contribution in [0, 0.1) is 0 Å². The molecule has 2 saturated heterocycles. The first-order valence-electron chi connectivity index (χ1n) is 9.05. The Hall–Kier alpha value is -1.03. The van der Waals surface area contributed by atoms with Gasteiger partial charge in [0.25, 0.3) is 0 Å². The average molecular weight is 440 g/mol. The third-order valence-electron chi connectivity index (χ3n) is 4.78. The molecule has 2 heterocycles. The highest BCUT2D eigenvalue weighted by Crippen LogP contribution is 2.30. The summed E-state index contributed by atoms with van der Waals surface area (Å²) in [6.07, 6.45) is -9.43. The normalized spacial score (nSPS) is 42.9. The van der Waals surface area contributed by atoms with Crippen molar-refractivity contribution >= 4 is 24.4 Å². The zero-order valence-corrected chi connectivity index (χ0v) is 16.8. The number of rotatable bonds is 6. The highest BCUT2D eigenvalue weighted by molar-refractivity contribution is 7.80. The van der Waals surface area contributed by atoms with E-state index < -0.39 is 85.5 Å². The van der Waals surface area contributed by atoms with Crippen molar-refractivity contribution < 1.29 is 49.3 Å². The zero-order chi connectivity index (χ0) is 21.9. The van der Waals surface area contributed by atoms with Gasteiger partial charge in [-0.3, -0.25) is 9.59 Å². The molecular weight excluding hydrogens is 412 g/mol. The summed E-state index contributed by atoms with van der Waals surface area (Å²) < 4.78 is 16.7. The number of hydrogen-bond acceptors (Lipinski definition) is 11. The van der Waals surface area contributed by atoms with Crippen LogP contribution in [0.25, 0.3) is 0 Å². The van der Waals surface area contributed by atoms with Crippen molar-refractivity contribution in [3.05, 3.63) is 0 Å². The molecule has 2 amide bonds. The number of thiol groups is 1. The van der Waals surface area contributed by atoms with Crippen LogP contribution in [0.2, 0.25) is 0 Å². The largest absolute Gasteiger partial charge is 0.394 e. The number of amides is 2. The summed E-state index contributed by atoms with van der Waals surface area (Å²) in [7, 11) is 0. The Labute approximate surface area is 172 Å². The van der Waals surface area contributed by atoms with Gasteiger partial charge in [-0.15, -0.1) is 12.6 Å². The van der Waals surface area contributed by atoms with Crippen LogP contribution in [0.5, 0.6) is 0 Å². The lowest BCUT2D eigenvalue weighted by atomic mass is 9.95. The van der Waals surface area contributed by atoms with E-state index in [4.69, 9.17) is 14.2 Å². The van der Waals surface area contributed by atoms with Crippen molar-refractivity contribution in [3.63, 3.8) is 0 Å². The summed E-state index contributed by atoms with van der Waals surface area (Å²) >= 11 is 4.17. The Bertz CT molecular complexity index is 584. The quantitative estimate of drug-likeness (QED) is 0.188. The molecule has 12 nitrogen and oxygen atoms in total. The van der Waals surface area contributed by atoms with E-state index in [9.17, 15) is 35.1 Å². The van der Waals surface area contributed by atoms with Crippen LogP contribution in [-0.4, -0.2) is 111 Å². The lowest BCUT2D eigenvalue weighted by Crippen LogP contribution is -2.68. The molecule has 0 saturated carbocycles. The number of carbonyl (C=O) groups is 2. The topological polar surface area (TPSA) is 187 Å². The van der Waals surface area contributed by atoms with E-state index in [1.807, 2.05) is 0 Å². The molecule has 0 aliphatic carbocycles. The zero-order valence-electron chi connectivity index (χ0n) is 15.9. The van der Waals surface area contributed by atoms with Crippen LogP contribution in [0.3, 0.4) is 0 Å². The van der Waals surface area contributed by atoms with Crippen LogP contribution < -0.4 is 10.6 Å². The molecule has 2 fully saturated rings. The molecule has 0 bridgehead atoms. The fraction of sp³-hybridized carbons (Fsp3) is 0.875. The third kappa shape index (κ3) is 5.57. The minimum Gasteiger partial charge on any atom is -0.394 e. The second kappa shape index (κ2) is 10.3. The van der Waals surface area contributed by atoms with Crippen LogP contribution in [0.1, 0.15) is 13.8 Å². The lowest BCUT2D eigenvalue weighted by Gasteiger charge is -2.47. The Morgan fingerprint density at radius 3 is 1.97 bits per heavy atom. The predicted octanol–water partition coefficient (Wildman–Crippen LogP) is -4.17. The van der Waals surface area contributed by atoms with Gasteiger partial charge in [0, 0.05) is 13.8 Å². The molecule has 10 atom stereocenters. The Kier molecular flexibility index (Phi) is 8.63. The molecule has 7 N–H and O–H groups in total. The van der Waals surface area contributed by atoms with Crippen LogP contribution in [-0.2, 0) is 23.8 Å². The molecule has 0 aromatic carbocycles. The second-order valence-electron chi connectivity index (χ2n) is 7.00. The van der Waals surface area contributed by atoms with Gasteiger partial charge >= 0.3 is 0 Å². The van der Waals surface area contributed by atoms with E-state index in [1.165, 1.54) is 13.8 Å². The first-order valence-corrected chi connectivity index (χ1v) is 9.56. The minimum absolute atomic E-state index is 0.457. The Morgan fingerprint density at radius 1 is 0.897 bits per heavy atom. The van der Waals surface area contributed by atoms with Crippen LogP contribution in [0.4, 0.5) is 0 Å². The Balaban J connectivity index is 2.26. The summed E-state index contributed by atoms with van der Waals surface area (Å²) in [5.74, 6) is -1.01. The maximum absolute atomic E-state index is 11.5. The summed E-state index contributed by atoms with van der Waals surface area (Å²) in [6, 6.07) is -2.24. The van der Waals surface area contributed by atoms with Crippen LogP contribution in [0.15, 0.2) is 0 Å². The van der Waals surface area contributed by atoms with Crippen molar-refractivity contribution in [2.24, 2.45) is 0 Å². The molecule has 0 radical (unpaired) electrons. The van der Waals surface area contributed by atoms with Crippen molar-refractivity contribution in [1.82, 2.24) is 10.6 Å². The summed E-state index contributed by atoms with van der Waals surface area (Å²) in [5, 5.41) is 55.0. The smallest absolute Gasteiger partial charge is 0.217 e. The number of carbonyl (C=O) groups excluding carboxylic acids is 2. The number of ether oxygens (including phenoxy) is 3. The summed E-state index contributed by atoms with van der Waals surface area (Å²) in [5.41, 5.74) is -0.943. The van der Waals surface area contributed by atoms with Gasteiger partial charge in [0.05, 0.1) is 19.3 Å². The molecule has 2 aliphatic rings. The summed E-state index contributed by atoms with van der Waals surface area (Å²) in [4.78, 5) is 22.9. The fourth-order valence-electron chi connectivity index (χ4n) is 3.38. The van der Waals surface area contributed by atoms with Gasteiger partial charge in [0.2, 0.25) is 11.8 Å². The van der Waals surface area contributed by atoms with Gasteiger partial charge in [-0.1, -0.05) is 0 Å². The third-order valence-corrected chi connectivity index (χ3v) is 5.23. The summed E-state index contributed by atoms with van der Waals surface area (Å²) in [6.45, 7) is 1.20. The molecular formula is C16H28N2O10S. The first-order chi connectivity index (χ1) is 13.6. The molecule has 13 heteroatoms. The van der Waals surface area contributed by atoms with Gasteiger partial charge in [0.1, 0.15) is 48.1 Å². The molecule has 0 aromatic rings. The van der Waals surface area contributed by atoms with Crippen molar-refractivity contribution in [2.75, 3.05) is 13.2 Å². The molecule has 2 rings (SSSR count). The maximum Gasteiger partial charge on any atom is 0.217 e. The van der Waals surface area contributed by atoms with E-state index in [0.29, 0.717) is 0 Å². The molecule has 0 aromatic heterocycles. The Morgan fingerprint density at radius 2 is 1.45 bits per heavy atom. The lowest BCUT2D eigenvalue weighted by molar-refractivity contribution is -0.310. The average Bonchev–Trinajstić information content (AvgIpc) is 2.65. The van der Waals surface area contributed by atoms with E-state index in [2.05, 4.69) is 23.3 Å². The fourth-order valence-corrected chi connectivity index (χ4v) is 3.79. The van der Waals surface area contributed by atoms with Gasteiger partial charge in [-0.05, 0) is 0 Å². The maximum atomic E-state index is 11.5. The highest BCUT2D eigenvalue weighted by Gasteiger charge is 2.50. The number of hydrogen-bond donors (Lipinski definition) is 8. The monoisotopic (exact) mass is 440 g/mol. The minimum atomic E-state index is -1.55. The molecule has 29 heavy (non-hydrogen) atoms. The first kappa shape index (κ1) is 24.2. The number of nitrogens with one attached hydrogen (secondary N) is 2. The second-order valence-corrected chi connectivity index (χ2v) is 7.51. The molecule has 6 unspecified atom stereocenters. The van der Waals surface area contributed by atoms with E-state index in [1.54, 1.807) is 0 Å². The van der Waals surface area contributed by atoms with Crippen molar-refractivity contribution in [1.29, 1.82) is 0 Å². The highest BCUT2D eigenvalue weighted by atomic mass is 32.1. The van der Waals surface area contributed by atoms with E-state index in [-0.39, 0.29) is 0 Å². The predicted molar refractivity (Wildman–Crippen MR) is 98.6 cm³/mol. The SMILES string of the molecule is CC(=O)NC1C(O)[C@H](O)C(CO)O[C@H]1O[C@@H]1C(CO)O[C@@H](S)C(NC(C)=O)C1O. The van der Waals surface area contributed by atoms with Gasteiger partial charge in [-0.2, -0.15) is 0 Å². The standard InChI is InChI=1S/C16H28N2O10S/c1-5(21)17-9-12(24)11(23)7(3-19)26-15(9)28-14-8(4-20)27-16(29)10(13(14)25)18-6(2)22/h7-16,19-20,23-25,29H,3-4H2,1-2H3,(H,17,21)(H,18,22)/t7?,8?,9?,10?,11-,12?,13?,14-,15+,16+/m1/s1. The molecule has 168 valence electrons. The van der Waals surface area contributed by atoms with E-state index in [0.717, 1.165) is 0 Å². The number of aliphatic hydroxyl groups excluding tert-OH is 5. The van der Waals surface area contributed by atoms with E-state index >= 15 is 0 Å². The molecule has 0 spiro atoms. The number of aliphatic hydroxyl groups is 5. The molecule has 2 aliphatic heterocycles. The van der Waals surface area contributed by atoms with Crippen molar-refractivity contribution in [2.45, 2.75) is 74.3 Å².